The summed E-state index contributed by atoms with van der Waals surface area (Å²) in [5.74, 6) is -0.617. The van der Waals surface area contributed by atoms with Crippen molar-refractivity contribution in [2.24, 2.45) is 0 Å². The Kier molecular flexibility index (Phi) is 3.89. The van der Waals surface area contributed by atoms with Crippen molar-refractivity contribution in [3.8, 4) is 11.5 Å². The summed E-state index contributed by atoms with van der Waals surface area (Å²) in [6, 6.07) is 4.34. The van der Waals surface area contributed by atoms with E-state index in [1.807, 2.05) is 6.92 Å². The minimum absolute atomic E-state index is 0.0523. The van der Waals surface area contributed by atoms with E-state index in [9.17, 15) is 9.18 Å². The Bertz CT molecular complexity index is 595. The number of aryl methyl sites for hydroxylation is 2. The summed E-state index contributed by atoms with van der Waals surface area (Å²) in [7, 11) is 0. The first-order valence-electron chi connectivity index (χ1n) is 5.87. The molecular formula is C13H13FN2O3. The van der Waals surface area contributed by atoms with Gasteiger partial charge in [0, 0.05) is 18.4 Å². The Balaban J connectivity index is 2.12. The van der Waals surface area contributed by atoms with Crippen molar-refractivity contribution in [1.82, 2.24) is 10.2 Å². The fourth-order valence-corrected chi connectivity index (χ4v) is 1.68. The van der Waals surface area contributed by atoms with E-state index < -0.39 is 5.97 Å². The highest BCUT2D eigenvalue weighted by molar-refractivity contribution is 5.66. The lowest BCUT2D eigenvalue weighted by molar-refractivity contribution is -0.137. The molecule has 2 aromatic rings. The zero-order valence-electron chi connectivity index (χ0n) is 10.4. The van der Waals surface area contributed by atoms with Crippen LogP contribution in [0.1, 0.15) is 24.3 Å². The van der Waals surface area contributed by atoms with Crippen LogP contribution in [0.4, 0.5) is 4.39 Å². The summed E-state index contributed by atoms with van der Waals surface area (Å²) in [6.07, 6.45) is 0.878. The number of carbonyl (C=O) groups is 1. The third kappa shape index (κ3) is 3.37. The molecule has 19 heavy (non-hydrogen) atoms. The molecule has 1 N–H and O–H groups in total. The van der Waals surface area contributed by atoms with Gasteiger partial charge in [0.1, 0.15) is 5.82 Å². The zero-order chi connectivity index (χ0) is 13.8. The van der Waals surface area contributed by atoms with Gasteiger partial charge in [0.25, 0.3) is 0 Å². The molecule has 1 aromatic heterocycles. The van der Waals surface area contributed by atoms with Gasteiger partial charge in [-0.25, -0.2) is 4.39 Å². The van der Waals surface area contributed by atoms with E-state index in [1.165, 1.54) is 12.1 Å². The fourth-order valence-electron chi connectivity index (χ4n) is 1.68. The van der Waals surface area contributed by atoms with Crippen LogP contribution in [0.15, 0.2) is 22.6 Å². The molecule has 0 spiro atoms. The molecule has 0 radical (unpaired) electrons. The molecule has 0 saturated heterocycles. The first kappa shape index (κ1) is 13.2. The summed E-state index contributed by atoms with van der Waals surface area (Å²) in [5.41, 5.74) is 1.39. The number of rotatable bonds is 5. The highest BCUT2D eigenvalue weighted by Gasteiger charge is 2.12. The maximum Gasteiger partial charge on any atom is 0.303 e. The van der Waals surface area contributed by atoms with E-state index in [4.69, 9.17) is 9.52 Å². The van der Waals surface area contributed by atoms with Crippen molar-refractivity contribution in [2.45, 2.75) is 26.2 Å². The lowest BCUT2D eigenvalue weighted by atomic mass is 10.1. The van der Waals surface area contributed by atoms with Crippen molar-refractivity contribution < 1.29 is 18.7 Å². The van der Waals surface area contributed by atoms with Crippen LogP contribution in [-0.2, 0) is 11.2 Å². The summed E-state index contributed by atoms with van der Waals surface area (Å²) in [6.45, 7) is 1.82. The topological polar surface area (TPSA) is 76.2 Å². The summed E-state index contributed by atoms with van der Waals surface area (Å²) in [4.78, 5) is 10.4. The quantitative estimate of drug-likeness (QED) is 0.898. The van der Waals surface area contributed by atoms with E-state index in [0.717, 1.165) is 5.56 Å². The monoisotopic (exact) mass is 264 g/mol. The summed E-state index contributed by atoms with van der Waals surface area (Å²) < 4.78 is 18.6. The third-order valence-corrected chi connectivity index (χ3v) is 2.68. The van der Waals surface area contributed by atoms with Gasteiger partial charge in [0.05, 0.1) is 0 Å². The van der Waals surface area contributed by atoms with Gasteiger partial charge in [-0.2, -0.15) is 0 Å². The van der Waals surface area contributed by atoms with Crippen molar-refractivity contribution in [3.05, 3.63) is 35.5 Å². The maximum absolute atomic E-state index is 13.2. The Labute approximate surface area is 109 Å². The second-order valence-electron chi connectivity index (χ2n) is 4.21. The molecule has 0 amide bonds. The number of hydrogen-bond acceptors (Lipinski definition) is 4. The van der Waals surface area contributed by atoms with Crippen LogP contribution in [0.2, 0.25) is 0 Å². The number of nitrogens with zero attached hydrogens (tertiary/aromatic N) is 2. The fraction of sp³-hybridized carbons (Fsp3) is 0.308. The van der Waals surface area contributed by atoms with Crippen LogP contribution in [0, 0.1) is 12.7 Å². The molecule has 1 aromatic carbocycles. The van der Waals surface area contributed by atoms with Crippen molar-refractivity contribution in [1.29, 1.82) is 0 Å². The molecule has 0 unspecified atom stereocenters. The van der Waals surface area contributed by atoms with Crippen LogP contribution in [0.3, 0.4) is 0 Å². The molecule has 2 rings (SSSR count). The molecular weight excluding hydrogens is 251 g/mol. The first-order valence-corrected chi connectivity index (χ1v) is 5.87. The number of benzene rings is 1. The molecule has 0 saturated carbocycles. The Morgan fingerprint density at radius 2 is 2.21 bits per heavy atom. The Hall–Kier alpha value is -2.24. The van der Waals surface area contributed by atoms with Gasteiger partial charge in [-0.15, -0.1) is 10.2 Å². The summed E-state index contributed by atoms with van der Waals surface area (Å²) >= 11 is 0. The molecule has 0 aliphatic carbocycles. The van der Waals surface area contributed by atoms with Gasteiger partial charge in [0.15, 0.2) is 0 Å². The van der Waals surface area contributed by atoms with Gasteiger partial charge in [-0.1, -0.05) is 6.07 Å². The number of hydrogen-bond donors (Lipinski definition) is 1. The molecule has 1 heterocycles. The smallest absolute Gasteiger partial charge is 0.303 e. The van der Waals surface area contributed by atoms with Crippen molar-refractivity contribution >= 4 is 5.97 Å². The molecule has 0 atom stereocenters. The standard InChI is InChI=1S/C13H13FN2O3/c1-8-5-6-9(14)7-10(8)13-16-15-11(19-13)3-2-4-12(17)18/h5-7H,2-4H2,1H3,(H,17,18). The minimum Gasteiger partial charge on any atom is -0.481 e. The largest absolute Gasteiger partial charge is 0.481 e. The molecule has 0 bridgehead atoms. The van der Waals surface area contributed by atoms with Gasteiger partial charge in [-0.3, -0.25) is 4.79 Å². The number of carboxylic acid groups (broad SMARTS) is 1. The SMILES string of the molecule is Cc1ccc(F)cc1-c1nnc(CCCC(=O)O)o1. The molecule has 5 nitrogen and oxygen atoms in total. The van der Waals surface area contributed by atoms with Crippen LogP contribution in [0.25, 0.3) is 11.5 Å². The second-order valence-corrected chi connectivity index (χ2v) is 4.21. The normalized spacial score (nSPS) is 10.6. The highest BCUT2D eigenvalue weighted by Crippen LogP contribution is 2.23. The average molecular weight is 264 g/mol. The number of carboxylic acids is 1. The lowest BCUT2D eigenvalue weighted by Crippen LogP contribution is -1.95. The number of aromatic nitrogens is 2. The van der Waals surface area contributed by atoms with Gasteiger partial charge >= 0.3 is 5.97 Å². The van der Waals surface area contributed by atoms with E-state index >= 15 is 0 Å². The highest BCUT2D eigenvalue weighted by atomic mass is 19.1. The number of halogens is 1. The van der Waals surface area contributed by atoms with E-state index in [0.29, 0.717) is 24.3 Å². The van der Waals surface area contributed by atoms with E-state index in [2.05, 4.69) is 10.2 Å². The predicted octanol–water partition coefficient (Wildman–Crippen LogP) is 2.59. The molecule has 0 aliphatic rings. The minimum atomic E-state index is -0.860. The third-order valence-electron chi connectivity index (χ3n) is 2.68. The van der Waals surface area contributed by atoms with Gasteiger partial charge in [0.2, 0.25) is 11.8 Å². The van der Waals surface area contributed by atoms with E-state index in [-0.39, 0.29) is 18.1 Å². The zero-order valence-corrected chi connectivity index (χ0v) is 10.4. The van der Waals surface area contributed by atoms with Crippen LogP contribution >= 0.6 is 0 Å². The Morgan fingerprint density at radius 3 is 2.95 bits per heavy atom. The first-order chi connectivity index (χ1) is 9.06. The lowest BCUT2D eigenvalue weighted by Gasteiger charge is -2.00. The molecule has 6 heteroatoms. The van der Waals surface area contributed by atoms with Gasteiger partial charge < -0.3 is 9.52 Å². The molecule has 0 aliphatic heterocycles. The van der Waals surface area contributed by atoms with E-state index in [1.54, 1.807) is 6.07 Å². The second kappa shape index (κ2) is 5.60. The molecule has 0 fully saturated rings. The maximum atomic E-state index is 13.2. The van der Waals surface area contributed by atoms with Gasteiger partial charge in [-0.05, 0) is 31.0 Å². The van der Waals surface area contributed by atoms with Crippen molar-refractivity contribution in [2.75, 3.05) is 0 Å². The molecule has 100 valence electrons. The van der Waals surface area contributed by atoms with Crippen LogP contribution < -0.4 is 0 Å². The average Bonchev–Trinajstić information content (AvgIpc) is 2.80. The van der Waals surface area contributed by atoms with Crippen molar-refractivity contribution in [3.63, 3.8) is 0 Å². The van der Waals surface area contributed by atoms with Crippen LogP contribution in [0.5, 0.6) is 0 Å². The predicted molar refractivity (Wildman–Crippen MR) is 65.0 cm³/mol. The Morgan fingerprint density at radius 1 is 1.42 bits per heavy atom. The number of aliphatic carboxylic acids is 1. The van der Waals surface area contributed by atoms with Crippen LogP contribution in [-0.4, -0.2) is 21.3 Å². The summed E-state index contributed by atoms with van der Waals surface area (Å²) in [5, 5.41) is 16.2.